The lowest BCUT2D eigenvalue weighted by Crippen LogP contribution is -2.25. The van der Waals surface area contributed by atoms with Crippen LogP contribution in [0.15, 0.2) is 60.3 Å². The normalized spacial score (nSPS) is 10.6. The van der Waals surface area contributed by atoms with Crippen LogP contribution in [-0.2, 0) is 9.59 Å². The molecule has 0 aromatic heterocycles. The van der Waals surface area contributed by atoms with Crippen LogP contribution in [0.3, 0.4) is 0 Å². The third-order valence-corrected chi connectivity index (χ3v) is 3.46. The first-order chi connectivity index (χ1) is 12.4. The van der Waals surface area contributed by atoms with Gasteiger partial charge in [0, 0.05) is 24.5 Å². The number of nitrogen functional groups attached to an aromatic ring is 1. The van der Waals surface area contributed by atoms with Gasteiger partial charge in [-0.1, -0.05) is 6.07 Å². The molecule has 0 aliphatic rings. The first-order valence-corrected chi connectivity index (χ1v) is 7.67. The van der Waals surface area contributed by atoms with E-state index in [0.717, 1.165) is 0 Å². The van der Waals surface area contributed by atoms with E-state index in [1.165, 1.54) is 25.1 Å². The summed E-state index contributed by atoms with van der Waals surface area (Å²) >= 11 is 0. The Morgan fingerprint density at radius 2 is 1.92 bits per heavy atom. The van der Waals surface area contributed by atoms with Gasteiger partial charge in [0.25, 0.3) is 5.91 Å². The van der Waals surface area contributed by atoms with E-state index in [2.05, 4.69) is 5.32 Å². The van der Waals surface area contributed by atoms with Gasteiger partial charge in [0.2, 0.25) is 5.91 Å². The molecule has 2 rings (SSSR count). The number of amides is 2. The van der Waals surface area contributed by atoms with Gasteiger partial charge >= 0.3 is 0 Å². The SMILES string of the molecule is COc1ccc(NC(=O)/C(C#N)=C\N(C(C)=O)c2cccc(N)c2)cc1. The van der Waals surface area contributed by atoms with Crippen molar-refractivity contribution in [3.63, 3.8) is 0 Å². The highest BCUT2D eigenvalue weighted by atomic mass is 16.5. The van der Waals surface area contributed by atoms with Crippen molar-refractivity contribution in [3.05, 3.63) is 60.3 Å². The third-order valence-electron chi connectivity index (χ3n) is 3.46. The van der Waals surface area contributed by atoms with E-state index in [1.54, 1.807) is 48.5 Å². The van der Waals surface area contributed by atoms with Crippen molar-refractivity contribution in [2.24, 2.45) is 0 Å². The molecule has 2 aromatic rings. The Morgan fingerprint density at radius 3 is 2.46 bits per heavy atom. The molecule has 0 atom stereocenters. The zero-order chi connectivity index (χ0) is 19.1. The van der Waals surface area contributed by atoms with Crippen LogP contribution in [0, 0.1) is 11.3 Å². The van der Waals surface area contributed by atoms with Crippen molar-refractivity contribution in [1.29, 1.82) is 5.26 Å². The highest BCUT2D eigenvalue weighted by molar-refractivity contribution is 6.08. The number of carbonyl (C=O) groups is 2. The van der Waals surface area contributed by atoms with Crippen molar-refractivity contribution < 1.29 is 14.3 Å². The molecule has 0 fully saturated rings. The standard InChI is InChI=1S/C19H18N4O3/c1-13(24)23(17-5-3-4-15(21)10-17)12-14(11-20)19(25)22-16-6-8-18(26-2)9-7-16/h3-10,12H,21H2,1-2H3,(H,22,25)/b14-12-. The van der Waals surface area contributed by atoms with Gasteiger partial charge in [-0.05, 0) is 42.5 Å². The Bertz CT molecular complexity index is 882. The van der Waals surface area contributed by atoms with Gasteiger partial charge in [-0.15, -0.1) is 0 Å². The average molecular weight is 350 g/mol. The Kier molecular flexibility index (Phi) is 5.96. The fraction of sp³-hybridized carbons (Fsp3) is 0.105. The van der Waals surface area contributed by atoms with Gasteiger partial charge in [0.15, 0.2) is 0 Å². The molecule has 0 aliphatic heterocycles. The van der Waals surface area contributed by atoms with Gasteiger partial charge in [0.05, 0.1) is 12.8 Å². The Labute approximate surface area is 151 Å². The Morgan fingerprint density at radius 1 is 1.23 bits per heavy atom. The van der Waals surface area contributed by atoms with Crippen LogP contribution in [0.5, 0.6) is 5.75 Å². The molecule has 2 aromatic carbocycles. The molecule has 0 unspecified atom stereocenters. The van der Waals surface area contributed by atoms with Gasteiger partial charge in [-0.2, -0.15) is 5.26 Å². The molecule has 7 heteroatoms. The van der Waals surface area contributed by atoms with Crippen LogP contribution in [0.25, 0.3) is 0 Å². The van der Waals surface area contributed by atoms with Gasteiger partial charge < -0.3 is 15.8 Å². The van der Waals surface area contributed by atoms with Crippen molar-refractivity contribution in [3.8, 4) is 11.8 Å². The molecule has 0 aliphatic carbocycles. The smallest absolute Gasteiger partial charge is 0.267 e. The highest BCUT2D eigenvalue weighted by Crippen LogP contribution is 2.20. The van der Waals surface area contributed by atoms with E-state index in [1.807, 2.05) is 6.07 Å². The van der Waals surface area contributed by atoms with Crippen molar-refractivity contribution >= 4 is 28.9 Å². The first kappa shape index (κ1) is 18.5. The van der Waals surface area contributed by atoms with Crippen LogP contribution < -0.4 is 20.7 Å². The van der Waals surface area contributed by atoms with E-state index in [0.29, 0.717) is 22.8 Å². The van der Waals surface area contributed by atoms with Gasteiger partial charge in [0.1, 0.15) is 17.4 Å². The van der Waals surface area contributed by atoms with Crippen molar-refractivity contribution in [2.75, 3.05) is 23.1 Å². The predicted molar refractivity (Wildman–Crippen MR) is 99.3 cm³/mol. The number of rotatable bonds is 5. The van der Waals surface area contributed by atoms with Crippen LogP contribution in [0.2, 0.25) is 0 Å². The maximum atomic E-state index is 12.4. The summed E-state index contributed by atoms with van der Waals surface area (Å²) in [6.07, 6.45) is 1.19. The number of methoxy groups -OCH3 is 1. The zero-order valence-electron chi connectivity index (χ0n) is 14.4. The average Bonchev–Trinajstić information content (AvgIpc) is 2.62. The summed E-state index contributed by atoms with van der Waals surface area (Å²) in [6, 6.07) is 15.1. The lowest BCUT2D eigenvalue weighted by molar-refractivity contribution is -0.116. The fourth-order valence-corrected chi connectivity index (χ4v) is 2.16. The molecule has 26 heavy (non-hydrogen) atoms. The van der Waals surface area contributed by atoms with E-state index in [9.17, 15) is 14.9 Å². The lowest BCUT2D eigenvalue weighted by Gasteiger charge is -2.17. The number of hydrogen-bond donors (Lipinski definition) is 2. The zero-order valence-corrected chi connectivity index (χ0v) is 14.4. The largest absolute Gasteiger partial charge is 0.497 e. The molecule has 132 valence electrons. The number of ether oxygens (including phenoxy) is 1. The van der Waals surface area contributed by atoms with Crippen molar-refractivity contribution in [1.82, 2.24) is 0 Å². The maximum absolute atomic E-state index is 12.4. The quantitative estimate of drug-likeness (QED) is 0.489. The van der Waals surface area contributed by atoms with E-state index >= 15 is 0 Å². The number of hydrogen-bond acceptors (Lipinski definition) is 5. The Balaban J connectivity index is 2.26. The topological polar surface area (TPSA) is 108 Å². The van der Waals surface area contributed by atoms with Crippen LogP contribution in [0.1, 0.15) is 6.92 Å². The molecule has 0 saturated heterocycles. The molecule has 0 heterocycles. The monoisotopic (exact) mass is 350 g/mol. The fourth-order valence-electron chi connectivity index (χ4n) is 2.16. The van der Waals surface area contributed by atoms with Gasteiger partial charge in [-0.3, -0.25) is 14.5 Å². The number of nitrogens with one attached hydrogen (secondary N) is 1. The van der Waals surface area contributed by atoms with E-state index < -0.39 is 5.91 Å². The minimum absolute atomic E-state index is 0.224. The summed E-state index contributed by atoms with van der Waals surface area (Å²) in [4.78, 5) is 25.5. The second-order valence-electron chi connectivity index (χ2n) is 5.32. The molecule has 0 saturated carbocycles. The minimum atomic E-state index is -0.632. The van der Waals surface area contributed by atoms with Crippen LogP contribution in [0.4, 0.5) is 17.1 Å². The summed E-state index contributed by atoms with van der Waals surface area (Å²) in [5, 5.41) is 11.9. The molecule has 0 spiro atoms. The number of nitriles is 1. The summed E-state index contributed by atoms with van der Waals surface area (Å²) in [6.45, 7) is 1.33. The second-order valence-corrected chi connectivity index (χ2v) is 5.32. The number of benzene rings is 2. The predicted octanol–water partition coefficient (Wildman–Crippen LogP) is 2.68. The van der Waals surface area contributed by atoms with Crippen molar-refractivity contribution in [2.45, 2.75) is 6.92 Å². The molecular formula is C19H18N4O3. The molecule has 0 radical (unpaired) electrons. The molecule has 0 bridgehead atoms. The highest BCUT2D eigenvalue weighted by Gasteiger charge is 2.15. The van der Waals surface area contributed by atoms with E-state index in [4.69, 9.17) is 10.5 Å². The third kappa shape index (κ3) is 4.61. The van der Waals surface area contributed by atoms with E-state index in [-0.39, 0.29) is 11.5 Å². The first-order valence-electron chi connectivity index (χ1n) is 7.67. The molecule has 2 amide bonds. The molecular weight excluding hydrogens is 332 g/mol. The number of carbonyl (C=O) groups excluding carboxylic acids is 2. The number of anilines is 3. The lowest BCUT2D eigenvalue weighted by atomic mass is 10.2. The second kappa shape index (κ2) is 8.35. The maximum Gasteiger partial charge on any atom is 0.267 e. The number of nitrogens with zero attached hydrogens (tertiary/aromatic N) is 2. The van der Waals surface area contributed by atoms with Crippen LogP contribution in [-0.4, -0.2) is 18.9 Å². The Hall–Kier alpha value is -3.79. The molecule has 3 N–H and O–H groups in total. The summed E-state index contributed by atoms with van der Waals surface area (Å²) in [5.41, 5.74) is 6.93. The minimum Gasteiger partial charge on any atom is -0.497 e. The number of nitrogens with two attached hydrogens (primary N) is 1. The van der Waals surface area contributed by atoms with Gasteiger partial charge in [-0.25, -0.2) is 0 Å². The molecule has 7 nitrogen and oxygen atoms in total. The summed E-state index contributed by atoms with van der Waals surface area (Å²) in [5.74, 6) is -0.350. The summed E-state index contributed by atoms with van der Waals surface area (Å²) < 4.78 is 5.05. The summed E-state index contributed by atoms with van der Waals surface area (Å²) in [7, 11) is 1.54. The van der Waals surface area contributed by atoms with Crippen LogP contribution >= 0.6 is 0 Å².